The van der Waals surface area contributed by atoms with E-state index < -0.39 is 5.97 Å². The summed E-state index contributed by atoms with van der Waals surface area (Å²) in [7, 11) is 1.94. The molecule has 2 atom stereocenters. The fourth-order valence-corrected chi connectivity index (χ4v) is 2.79. The van der Waals surface area contributed by atoms with Crippen molar-refractivity contribution in [2.45, 2.75) is 27.3 Å². The number of hydrogen-bond acceptors (Lipinski definition) is 3. The van der Waals surface area contributed by atoms with E-state index in [4.69, 9.17) is 5.11 Å². The average Bonchev–Trinajstić information content (AvgIpc) is 2.75. The maximum atomic E-state index is 11.1. The predicted molar refractivity (Wildman–Crippen MR) is 68.2 cm³/mol. The fourth-order valence-electron chi connectivity index (χ4n) is 2.79. The molecule has 0 spiro atoms. The van der Waals surface area contributed by atoms with Gasteiger partial charge in [0, 0.05) is 37.9 Å². The first-order valence-corrected chi connectivity index (χ1v) is 6.34. The summed E-state index contributed by atoms with van der Waals surface area (Å²) in [6.45, 7) is 8.39. The van der Waals surface area contributed by atoms with Gasteiger partial charge in [-0.2, -0.15) is 5.10 Å². The van der Waals surface area contributed by atoms with Gasteiger partial charge in [-0.3, -0.25) is 14.4 Å². The molecule has 2 heterocycles. The lowest BCUT2D eigenvalue weighted by atomic mass is 9.99. The molecule has 1 aromatic heterocycles. The van der Waals surface area contributed by atoms with Crippen LogP contribution in [0.2, 0.25) is 0 Å². The van der Waals surface area contributed by atoms with Gasteiger partial charge < -0.3 is 5.11 Å². The van der Waals surface area contributed by atoms with Crippen LogP contribution < -0.4 is 0 Å². The van der Waals surface area contributed by atoms with E-state index in [0.29, 0.717) is 6.54 Å². The summed E-state index contributed by atoms with van der Waals surface area (Å²) in [6, 6.07) is 0. The number of carbonyl (C=O) groups is 1. The van der Waals surface area contributed by atoms with Gasteiger partial charge in [0.25, 0.3) is 0 Å². The Hall–Kier alpha value is -1.36. The molecule has 18 heavy (non-hydrogen) atoms. The smallest absolute Gasteiger partial charge is 0.308 e. The molecule has 1 aliphatic rings. The third-order valence-electron chi connectivity index (χ3n) is 4.05. The minimum Gasteiger partial charge on any atom is -0.481 e. The highest BCUT2D eigenvalue weighted by molar-refractivity contribution is 5.71. The Bertz CT molecular complexity index is 467. The van der Waals surface area contributed by atoms with E-state index in [-0.39, 0.29) is 11.8 Å². The molecule has 1 N–H and O–H groups in total. The summed E-state index contributed by atoms with van der Waals surface area (Å²) in [5, 5.41) is 13.5. The number of rotatable bonds is 3. The number of nitrogens with zero attached hydrogens (tertiary/aromatic N) is 3. The predicted octanol–water partition coefficient (Wildman–Crippen LogP) is 1.19. The summed E-state index contributed by atoms with van der Waals surface area (Å²) in [6.07, 6.45) is 0. The lowest BCUT2D eigenvalue weighted by Crippen LogP contribution is -2.23. The van der Waals surface area contributed by atoms with E-state index in [1.807, 2.05) is 25.6 Å². The Labute approximate surface area is 107 Å². The van der Waals surface area contributed by atoms with Crippen molar-refractivity contribution in [3.63, 3.8) is 0 Å². The van der Waals surface area contributed by atoms with Gasteiger partial charge in [0.05, 0.1) is 11.6 Å². The second-order valence-corrected chi connectivity index (χ2v) is 5.39. The molecule has 0 amide bonds. The first-order valence-electron chi connectivity index (χ1n) is 6.34. The highest BCUT2D eigenvalue weighted by atomic mass is 16.4. The molecule has 1 aliphatic heterocycles. The summed E-state index contributed by atoms with van der Waals surface area (Å²) in [4.78, 5) is 13.3. The molecule has 0 unspecified atom stereocenters. The van der Waals surface area contributed by atoms with Crippen LogP contribution in [0.1, 0.15) is 23.9 Å². The Balaban J connectivity index is 2.10. The molecule has 100 valence electrons. The van der Waals surface area contributed by atoms with Crippen LogP contribution in [-0.2, 0) is 18.4 Å². The van der Waals surface area contributed by atoms with Gasteiger partial charge in [0.15, 0.2) is 0 Å². The van der Waals surface area contributed by atoms with Gasteiger partial charge in [0.2, 0.25) is 0 Å². The number of aromatic nitrogens is 2. The molecule has 0 aliphatic carbocycles. The van der Waals surface area contributed by atoms with Crippen molar-refractivity contribution < 1.29 is 9.90 Å². The molecule has 5 nitrogen and oxygen atoms in total. The Kier molecular flexibility index (Phi) is 3.43. The van der Waals surface area contributed by atoms with E-state index in [9.17, 15) is 4.79 Å². The van der Waals surface area contributed by atoms with Gasteiger partial charge >= 0.3 is 5.97 Å². The van der Waals surface area contributed by atoms with Crippen LogP contribution in [0.25, 0.3) is 0 Å². The van der Waals surface area contributed by atoms with Crippen LogP contribution in [0.4, 0.5) is 0 Å². The Morgan fingerprint density at radius 1 is 1.44 bits per heavy atom. The minimum absolute atomic E-state index is 0.222. The fraction of sp³-hybridized carbons (Fsp3) is 0.692. The maximum Gasteiger partial charge on any atom is 0.308 e. The van der Waals surface area contributed by atoms with Crippen molar-refractivity contribution in [1.29, 1.82) is 0 Å². The number of carboxylic acid groups (broad SMARTS) is 1. The van der Waals surface area contributed by atoms with Crippen LogP contribution in [0.5, 0.6) is 0 Å². The standard InChI is InChI=1S/C13H21N3O2/c1-8-5-16(6-11(8)13(17)18)7-12-9(2)14-15(4)10(12)3/h8,11H,5-7H2,1-4H3,(H,17,18)/t8-,11-/m1/s1. The maximum absolute atomic E-state index is 11.1. The zero-order valence-electron chi connectivity index (χ0n) is 11.5. The normalized spacial score (nSPS) is 24.7. The largest absolute Gasteiger partial charge is 0.481 e. The number of aliphatic carboxylic acids is 1. The van der Waals surface area contributed by atoms with Gasteiger partial charge in [-0.1, -0.05) is 6.92 Å². The SMILES string of the molecule is Cc1nn(C)c(C)c1CN1C[C@@H](C)[C@H](C(=O)O)C1. The topological polar surface area (TPSA) is 58.4 Å². The monoisotopic (exact) mass is 251 g/mol. The van der Waals surface area contributed by atoms with Crippen molar-refractivity contribution in [3.8, 4) is 0 Å². The van der Waals surface area contributed by atoms with Crippen LogP contribution in [0.3, 0.4) is 0 Å². The third kappa shape index (κ3) is 2.27. The number of hydrogen-bond donors (Lipinski definition) is 1. The average molecular weight is 251 g/mol. The van der Waals surface area contributed by atoms with Crippen molar-refractivity contribution in [2.24, 2.45) is 18.9 Å². The lowest BCUT2D eigenvalue weighted by molar-refractivity contribution is -0.142. The molecule has 0 aromatic carbocycles. The third-order valence-corrected chi connectivity index (χ3v) is 4.05. The first-order chi connectivity index (χ1) is 8.40. The molecule has 1 aromatic rings. The molecule has 0 saturated carbocycles. The first kappa shape index (κ1) is 13.1. The number of carboxylic acids is 1. The molecule has 0 bridgehead atoms. The lowest BCUT2D eigenvalue weighted by Gasteiger charge is -2.15. The van der Waals surface area contributed by atoms with E-state index in [0.717, 1.165) is 18.8 Å². The van der Waals surface area contributed by atoms with Crippen molar-refractivity contribution in [1.82, 2.24) is 14.7 Å². The highest BCUT2D eigenvalue weighted by Crippen LogP contribution is 2.26. The van der Waals surface area contributed by atoms with Gasteiger partial charge in [-0.25, -0.2) is 0 Å². The molecule has 5 heteroatoms. The minimum atomic E-state index is -0.676. The molecule has 0 radical (unpaired) electrons. The van der Waals surface area contributed by atoms with E-state index in [2.05, 4.69) is 16.9 Å². The van der Waals surface area contributed by atoms with E-state index in [1.165, 1.54) is 11.3 Å². The van der Waals surface area contributed by atoms with E-state index >= 15 is 0 Å². The van der Waals surface area contributed by atoms with E-state index in [1.54, 1.807) is 0 Å². The summed E-state index contributed by atoms with van der Waals surface area (Å²) >= 11 is 0. The highest BCUT2D eigenvalue weighted by Gasteiger charge is 2.35. The summed E-state index contributed by atoms with van der Waals surface area (Å²) in [5.74, 6) is -0.688. The summed E-state index contributed by atoms with van der Waals surface area (Å²) in [5.41, 5.74) is 3.44. The zero-order chi connectivity index (χ0) is 13.4. The van der Waals surface area contributed by atoms with Crippen LogP contribution in [0, 0.1) is 25.7 Å². The van der Waals surface area contributed by atoms with Gasteiger partial charge in [0.1, 0.15) is 0 Å². The quantitative estimate of drug-likeness (QED) is 0.876. The second kappa shape index (κ2) is 4.72. The van der Waals surface area contributed by atoms with Crippen LogP contribution >= 0.6 is 0 Å². The number of likely N-dealkylation sites (tertiary alicyclic amines) is 1. The van der Waals surface area contributed by atoms with Crippen LogP contribution in [-0.4, -0.2) is 38.8 Å². The molecular formula is C13H21N3O2. The van der Waals surface area contributed by atoms with Gasteiger partial charge in [-0.15, -0.1) is 0 Å². The van der Waals surface area contributed by atoms with Crippen molar-refractivity contribution >= 4 is 5.97 Å². The number of aryl methyl sites for hydroxylation is 2. The van der Waals surface area contributed by atoms with Gasteiger partial charge in [-0.05, 0) is 19.8 Å². The summed E-state index contributed by atoms with van der Waals surface area (Å²) < 4.78 is 1.89. The zero-order valence-corrected chi connectivity index (χ0v) is 11.5. The molecule has 2 rings (SSSR count). The molecule has 1 fully saturated rings. The van der Waals surface area contributed by atoms with Crippen molar-refractivity contribution in [3.05, 3.63) is 17.0 Å². The second-order valence-electron chi connectivity index (χ2n) is 5.39. The molecular weight excluding hydrogens is 230 g/mol. The Morgan fingerprint density at radius 3 is 2.56 bits per heavy atom. The molecule has 1 saturated heterocycles. The van der Waals surface area contributed by atoms with Crippen LogP contribution in [0.15, 0.2) is 0 Å². The Morgan fingerprint density at radius 2 is 2.11 bits per heavy atom. The van der Waals surface area contributed by atoms with Crippen molar-refractivity contribution in [2.75, 3.05) is 13.1 Å².